The Kier molecular flexibility index (Phi) is 2.41. The second kappa shape index (κ2) is 4.08. The number of aliphatic hydroxyl groups is 2. The molecular formula is C19H20O7. The molecule has 0 aromatic carbocycles. The van der Waals surface area contributed by atoms with Gasteiger partial charge in [0, 0.05) is 36.5 Å². The molecule has 1 spiro atoms. The minimum Gasteiger partial charge on any atom is -0.465 e. The third-order valence-electron chi connectivity index (χ3n) is 8.15. The number of ketones is 1. The summed E-state index contributed by atoms with van der Waals surface area (Å²) in [6, 6.07) is 1.59. The minimum atomic E-state index is -1.55. The van der Waals surface area contributed by atoms with Crippen LogP contribution in [0.3, 0.4) is 0 Å². The van der Waals surface area contributed by atoms with Crippen LogP contribution >= 0.6 is 0 Å². The molecule has 1 aromatic rings. The predicted molar refractivity (Wildman–Crippen MR) is 83.7 cm³/mol. The zero-order valence-corrected chi connectivity index (χ0v) is 14.4. The first kappa shape index (κ1) is 15.4. The van der Waals surface area contributed by atoms with Crippen LogP contribution in [0.4, 0.5) is 0 Å². The van der Waals surface area contributed by atoms with E-state index < -0.39 is 40.2 Å². The average Bonchev–Trinajstić information content (AvgIpc) is 3.19. The van der Waals surface area contributed by atoms with Crippen molar-refractivity contribution in [1.82, 2.24) is 0 Å². The third-order valence-corrected chi connectivity index (χ3v) is 8.15. The van der Waals surface area contributed by atoms with Gasteiger partial charge in [0.15, 0.2) is 11.6 Å². The molecular weight excluding hydrogens is 340 g/mol. The zero-order chi connectivity index (χ0) is 18.1. The summed E-state index contributed by atoms with van der Waals surface area (Å²) in [5.74, 6) is -2.52. The van der Waals surface area contributed by atoms with E-state index in [9.17, 15) is 19.8 Å². The fourth-order valence-corrected chi connectivity index (χ4v) is 6.99. The van der Waals surface area contributed by atoms with Crippen LogP contribution in [0.15, 0.2) is 16.7 Å². The van der Waals surface area contributed by atoms with Crippen molar-refractivity contribution in [3.63, 3.8) is 0 Å². The SMILES string of the molecule is C[C@]12C(=O)O[C@@H]3C[C@@]4(O)c5occc5C(=O)C[C@H]4[C@@]4(CC[C@@]1(O)OC4)[C@@H]32. The number of furan rings is 1. The number of rotatable bonds is 0. The standard InChI is InChI=1S/C19H20O7/c1-16-13-11(26-15(16)21)7-18(22)12(6-10(20)9-2-5-24-14(9)18)17(13)3-4-19(16,23)25-8-17/h2,5,11-13,22-23H,3-4,6-8H2,1H3/t11-,12+,13+,16+,17+,18+,19-/m1/s1. The van der Waals surface area contributed by atoms with Crippen molar-refractivity contribution in [2.45, 2.75) is 50.1 Å². The lowest BCUT2D eigenvalue weighted by Gasteiger charge is -2.67. The molecule has 0 amide bonds. The van der Waals surface area contributed by atoms with Crippen LogP contribution in [-0.2, 0) is 19.9 Å². The van der Waals surface area contributed by atoms with Gasteiger partial charge in [-0.05, 0) is 19.4 Å². The molecule has 2 bridgehead atoms. The normalized spacial score (nSPS) is 53.7. The van der Waals surface area contributed by atoms with Crippen LogP contribution in [0.2, 0.25) is 0 Å². The molecule has 6 aliphatic rings. The quantitative estimate of drug-likeness (QED) is 0.668. The van der Waals surface area contributed by atoms with Gasteiger partial charge in [-0.1, -0.05) is 0 Å². The number of Topliss-reactive ketones (excluding diaryl/α,β-unsaturated/α-hetero) is 1. The predicted octanol–water partition coefficient (Wildman–Crippen LogP) is 1.12. The summed E-state index contributed by atoms with van der Waals surface area (Å²) in [4.78, 5) is 25.5. The zero-order valence-electron chi connectivity index (χ0n) is 14.4. The van der Waals surface area contributed by atoms with Gasteiger partial charge in [-0.15, -0.1) is 0 Å². The first-order chi connectivity index (χ1) is 12.3. The number of hydrogen-bond acceptors (Lipinski definition) is 7. The molecule has 7 nitrogen and oxygen atoms in total. The van der Waals surface area contributed by atoms with E-state index in [0.717, 1.165) is 0 Å². The molecule has 26 heavy (non-hydrogen) atoms. The van der Waals surface area contributed by atoms with Gasteiger partial charge in [-0.25, -0.2) is 0 Å². The molecule has 3 aliphatic heterocycles. The Balaban J connectivity index is 1.60. The molecule has 138 valence electrons. The molecule has 4 heterocycles. The van der Waals surface area contributed by atoms with E-state index >= 15 is 0 Å². The van der Waals surface area contributed by atoms with Crippen LogP contribution in [0, 0.1) is 22.7 Å². The average molecular weight is 360 g/mol. The largest absolute Gasteiger partial charge is 0.465 e. The number of hydrogen-bond donors (Lipinski definition) is 2. The molecule has 3 saturated heterocycles. The number of fused-ring (bicyclic) bond motifs is 5. The van der Waals surface area contributed by atoms with Crippen LogP contribution in [0.25, 0.3) is 0 Å². The van der Waals surface area contributed by atoms with Gasteiger partial charge in [0.1, 0.15) is 22.9 Å². The Hall–Kier alpha value is -1.70. The van der Waals surface area contributed by atoms with Crippen molar-refractivity contribution in [2.75, 3.05) is 6.61 Å². The summed E-state index contributed by atoms with van der Waals surface area (Å²) >= 11 is 0. The maximum atomic E-state index is 12.8. The molecule has 7 atom stereocenters. The summed E-state index contributed by atoms with van der Waals surface area (Å²) in [6.07, 6.45) is 2.11. The lowest BCUT2D eigenvalue weighted by Crippen LogP contribution is -2.74. The molecule has 7 heteroatoms. The Bertz CT molecular complexity index is 863. The highest BCUT2D eigenvalue weighted by Crippen LogP contribution is 2.74. The molecule has 5 fully saturated rings. The van der Waals surface area contributed by atoms with E-state index in [1.54, 1.807) is 13.0 Å². The summed E-state index contributed by atoms with van der Waals surface area (Å²) < 4.78 is 17.1. The maximum Gasteiger partial charge on any atom is 0.318 e. The third kappa shape index (κ3) is 1.30. The first-order valence-electron chi connectivity index (χ1n) is 9.17. The topological polar surface area (TPSA) is 106 Å². The van der Waals surface area contributed by atoms with E-state index in [2.05, 4.69) is 0 Å². The van der Waals surface area contributed by atoms with Crippen LogP contribution in [0.5, 0.6) is 0 Å². The lowest BCUT2D eigenvalue weighted by molar-refractivity contribution is -0.385. The second-order valence-electron chi connectivity index (χ2n) is 8.90. The highest BCUT2D eigenvalue weighted by molar-refractivity contribution is 5.99. The summed E-state index contributed by atoms with van der Waals surface area (Å²) in [5, 5.41) is 22.7. The van der Waals surface area contributed by atoms with E-state index in [1.165, 1.54) is 6.26 Å². The van der Waals surface area contributed by atoms with Crippen LogP contribution < -0.4 is 0 Å². The molecule has 2 N–H and O–H groups in total. The second-order valence-corrected chi connectivity index (χ2v) is 8.90. The van der Waals surface area contributed by atoms with Crippen LogP contribution in [0.1, 0.15) is 48.7 Å². The smallest absolute Gasteiger partial charge is 0.318 e. The van der Waals surface area contributed by atoms with Crippen molar-refractivity contribution in [2.24, 2.45) is 22.7 Å². The molecule has 0 radical (unpaired) electrons. The van der Waals surface area contributed by atoms with Gasteiger partial charge < -0.3 is 24.1 Å². The minimum absolute atomic E-state index is 0.0606. The van der Waals surface area contributed by atoms with Crippen molar-refractivity contribution in [3.8, 4) is 0 Å². The Morgan fingerprint density at radius 3 is 2.77 bits per heavy atom. The highest BCUT2D eigenvalue weighted by Gasteiger charge is 2.82. The summed E-state index contributed by atoms with van der Waals surface area (Å²) in [7, 11) is 0. The number of esters is 1. The molecule has 0 unspecified atom stereocenters. The summed E-state index contributed by atoms with van der Waals surface area (Å²) in [6.45, 7) is 1.91. The van der Waals surface area contributed by atoms with Gasteiger partial charge in [0.25, 0.3) is 0 Å². The van der Waals surface area contributed by atoms with Crippen molar-refractivity contribution >= 4 is 11.8 Å². The Morgan fingerprint density at radius 1 is 1.23 bits per heavy atom. The monoisotopic (exact) mass is 360 g/mol. The van der Waals surface area contributed by atoms with E-state index in [-0.39, 0.29) is 43.3 Å². The lowest BCUT2D eigenvalue weighted by atomic mass is 9.40. The van der Waals surface area contributed by atoms with Crippen molar-refractivity contribution in [1.29, 1.82) is 0 Å². The van der Waals surface area contributed by atoms with Gasteiger partial charge >= 0.3 is 5.97 Å². The van der Waals surface area contributed by atoms with Crippen LogP contribution in [-0.4, -0.2) is 40.5 Å². The fraction of sp³-hybridized carbons (Fsp3) is 0.684. The van der Waals surface area contributed by atoms with E-state index in [4.69, 9.17) is 13.9 Å². The summed E-state index contributed by atoms with van der Waals surface area (Å²) in [5.41, 5.74) is -2.75. The molecule has 2 saturated carbocycles. The number of carbonyl (C=O) groups is 2. The van der Waals surface area contributed by atoms with Gasteiger partial charge in [0.05, 0.1) is 18.4 Å². The van der Waals surface area contributed by atoms with Crippen molar-refractivity contribution in [3.05, 3.63) is 23.7 Å². The number of ether oxygens (including phenoxy) is 2. The first-order valence-corrected chi connectivity index (χ1v) is 9.17. The van der Waals surface area contributed by atoms with Crippen molar-refractivity contribution < 1.29 is 33.7 Å². The van der Waals surface area contributed by atoms with Gasteiger partial charge in [-0.3, -0.25) is 9.59 Å². The Morgan fingerprint density at radius 2 is 2.04 bits per heavy atom. The maximum absolute atomic E-state index is 12.8. The Labute approximate surface area is 149 Å². The highest BCUT2D eigenvalue weighted by atomic mass is 16.6. The van der Waals surface area contributed by atoms with E-state index in [0.29, 0.717) is 12.0 Å². The molecule has 3 aliphatic carbocycles. The fourth-order valence-electron chi connectivity index (χ4n) is 6.99. The molecule has 7 rings (SSSR count). The molecule has 1 aromatic heterocycles. The van der Waals surface area contributed by atoms with Gasteiger partial charge in [0.2, 0.25) is 0 Å². The van der Waals surface area contributed by atoms with Gasteiger partial charge in [-0.2, -0.15) is 0 Å². The van der Waals surface area contributed by atoms with E-state index in [1.807, 2.05) is 0 Å². The number of carbonyl (C=O) groups excluding carboxylic acids is 2.